The van der Waals surface area contributed by atoms with Crippen molar-refractivity contribution in [2.45, 2.75) is 5.03 Å². The fourth-order valence-corrected chi connectivity index (χ4v) is 3.49. The molecule has 4 rings (SSSR count). The number of hydrogen-bond acceptors (Lipinski definition) is 5. The number of hydrogen-bond donors (Lipinski definition) is 0. The molecule has 0 N–H and O–H groups in total. The number of rotatable bonds is 4. The van der Waals surface area contributed by atoms with E-state index in [1.807, 2.05) is 49.5 Å². The topological polar surface area (TPSA) is 60.7 Å². The van der Waals surface area contributed by atoms with Gasteiger partial charge in [0.05, 0.1) is 17.3 Å². The van der Waals surface area contributed by atoms with Crippen LogP contribution in [0.5, 0.6) is 0 Å². The molecule has 118 valence electrons. The van der Waals surface area contributed by atoms with Gasteiger partial charge in [-0.15, -0.1) is 0 Å². The Hall–Kier alpha value is -2.73. The molecule has 2 aromatic carbocycles. The number of carbonyl (C=O) groups is 1. The summed E-state index contributed by atoms with van der Waals surface area (Å²) in [6.45, 7) is 0. The van der Waals surface area contributed by atoms with Crippen molar-refractivity contribution in [2.24, 2.45) is 7.05 Å². The van der Waals surface area contributed by atoms with Gasteiger partial charge in [-0.3, -0.25) is 9.48 Å². The molecule has 0 saturated heterocycles. The summed E-state index contributed by atoms with van der Waals surface area (Å²) in [5.41, 5.74) is 1.49. The summed E-state index contributed by atoms with van der Waals surface area (Å²) in [5, 5.41) is 8.05. The van der Waals surface area contributed by atoms with Gasteiger partial charge in [-0.1, -0.05) is 48.2 Å². The van der Waals surface area contributed by atoms with Crippen molar-refractivity contribution in [3.63, 3.8) is 0 Å². The van der Waals surface area contributed by atoms with Crippen LogP contribution in [0.4, 0.5) is 0 Å². The van der Waals surface area contributed by atoms with E-state index in [9.17, 15) is 4.79 Å². The van der Waals surface area contributed by atoms with Gasteiger partial charge in [0.1, 0.15) is 11.4 Å². The van der Waals surface area contributed by atoms with E-state index in [1.165, 1.54) is 18.1 Å². The molecule has 0 radical (unpaired) electrons. The molecule has 5 nitrogen and oxygen atoms in total. The number of ketones is 1. The van der Waals surface area contributed by atoms with Crippen LogP contribution in [0, 0.1) is 0 Å². The van der Waals surface area contributed by atoms with E-state index < -0.39 is 0 Å². The van der Waals surface area contributed by atoms with Crippen LogP contribution in [0.2, 0.25) is 0 Å². The highest BCUT2D eigenvalue weighted by atomic mass is 32.2. The first-order valence-corrected chi connectivity index (χ1v) is 8.48. The van der Waals surface area contributed by atoms with Crippen LogP contribution in [-0.4, -0.2) is 31.3 Å². The number of Topliss-reactive ketones (excluding diaryl/α,β-unsaturated/α-hetero) is 1. The average Bonchev–Trinajstić information content (AvgIpc) is 3.01. The Labute approximate surface area is 142 Å². The highest BCUT2D eigenvalue weighted by Crippen LogP contribution is 2.25. The molecule has 24 heavy (non-hydrogen) atoms. The minimum atomic E-state index is 0.0846. The van der Waals surface area contributed by atoms with E-state index in [4.69, 9.17) is 0 Å². The van der Waals surface area contributed by atoms with Crippen molar-refractivity contribution in [1.29, 1.82) is 0 Å². The van der Waals surface area contributed by atoms with Gasteiger partial charge in [-0.25, -0.2) is 9.97 Å². The number of carbonyl (C=O) groups excluding carboxylic acids is 1. The van der Waals surface area contributed by atoms with Crippen LogP contribution in [-0.2, 0) is 7.05 Å². The molecule has 0 aliphatic carbocycles. The molecular weight excluding hydrogens is 320 g/mol. The molecule has 0 saturated carbocycles. The Morgan fingerprint density at radius 1 is 1.12 bits per heavy atom. The summed E-state index contributed by atoms with van der Waals surface area (Å²) in [7, 11) is 1.84. The van der Waals surface area contributed by atoms with Gasteiger partial charge >= 0.3 is 0 Å². The Morgan fingerprint density at radius 2 is 1.96 bits per heavy atom. The third kappa shape index (κ3) is 2.65. The number of aryl methyl sites for hydroxylation is 1. The smallest absolute Gasteiger partial charge is 0.173 e. The van der Waals surface area contributed by atoms with E-state index in [0.29, 0.717) is 5.75 Å². The molecular formula is C18H14N4OS. The maximum absolute atomic E-state index is 12.5. The summed E-state index contributed by atoms with van der Waals surface area (Å²) in [6.07, 6.45) is 3.24. The average molecular weight is 334 g/mol. The largest absolute Gasteiger partial charge is 0.293 e. The van der Waals surface area contributed by atoms with Crippen LogP contribution >= 0.6 is 11.8 Å². The molecule has 6 heteroatoms. The summed E-state index contributed by atoms with van der Waals surface area (Å²) < 4.78 is 1.70. The Bertz CT molecular complexity index is 1060. The number of aromatic nitrogens is 4. The SMILES string of the molecule is Cn1ncc2c(SCC(=O)c3ccc4ccccc4c3)ncnc21. The van der Waals surface area contributed by atoms with Crippen LogP contribution in [0.15, 0.2) is 60.0 Å². The second-order valence-electron chi connectivity index (χ2n) is 5.46. The first kappa shape index (κ1) is 14.8. The van der Waals surface area contributed by atoms with Crippen molar-refractivity contribution in [3.05, 3.63) is 60.6 Å². The molecule has 0 fully saturated rings. The lowest BCUT2D eigenvalue weighted by molar-refractivity contribution is 0.102. The normalized spacial score (nSPS) is 11.2. The van der Waals surface area contributed by atoms with E-state index in [1.54, 1.807) is 10.9 Å². The monoisotopic (exact) mass is 334 g/mol. The lowest BCUT2D eigenvalue weighted by Gasteiger charge is -2.04. The predicted octanol–water partition coefficient (Wildman–Crippen LogP) is 3.49. The number of benzene rings is 2. The predicted molar refractivity (Wildman–Crippen MR) is 95.3 cm³/mol. The van der Waals surface area contributed by atoms with E-state index in [-0.39, 0.29) is 5.78 Å². The zero-order valence-electron chi connectivity index (χ0n) is 13.0. The van der Waals surface area contributed by atoms with Crippen molar-refractivity contribution in [3.8, 4) is 0 Å². The van der Waals surface area contributed by atoms with Gasteiger partial charge < -0.3 is 0 Å². The molecule has 0 aliphatic rings. The quantitative estimate of drug-likeness (QED) is 0.325. The Morgan fingerprint density at radius 3 is 2.83 bits per heavy atom. The van der Waals surface area contributed by atoms with Crippen molar-refractivity contribution in [1.82, 2.24) is 19.7 Å². The molecule has 4 aromatic rings. The molecule has 0 atom stereocenters. The zero-order chi connectivity index (χ0) is 16.5. The van der Waals surface area contributed by atoms with Gasteiger partial charge in [0.15, 0.2) is 11.4 Å². The Balaban J connectivity index is 1.56. The third-order valence-corrected chi connectivity index (χ3v) is 4.91. The minimum Gasteiger partial charge on any atom is -0.293 e. The third-order valence-electron chi connectivity index (χ3n) is 3.90. The highest BCUT2D eigenvalue weighted by molar-refractivity contribution is 8.00. The maximum atomic E-state index is 12.5. The lowest BCUT2D eigenvalue weighted by atomic mass is 10.1. The maximum Gasteiger partial charge on any atom is 0.173 e. The molecule has 0 unspecified atom stereocenters. The summed E-state index contributed by atoms with van der Waals surface area (Å²) >= 11 is 1.42. The molecule has 2 aromatic heterocycles. The fraction of sp³-hybridized carbons (Fsp3) is 0.111. The van der Waals surface area contributed by atoms with Crippen LogP contribution in [0.3, 0.4) is 0 Å². The Kier molecular flexibility index (Phi) is 3.74. The molecule has 0 aliphatic heterocycles. The van der Waals surface area contributed by atoms with Gasteiger partial charge in [0.2, 0.25) is 0 Å². The summed E-state index contributed by atoms with van der Waals surface area (Å²) in [4.78, 5) is 21.0. The van der Waals surface area contributed by atoms with E-state index >= 15 is 0 Å². The van der Waals surface area contributed by atoms with Crippen LogP contribution in [0.1, 0.15) is 10.4 Å². The van der Waals surface area contributed by atoms with Crippen LogP contribution < -0.4 is 0 Å². The molecule has 0 spiro atoms. The van der Waals surface area contributed by atoms with Crippen LogP contribution in [0.25, 0.3) is 21.8 Å². The van der Waals surface area contributed by atoms with E-state index in [2.05, 4.69) is 15.1 Å². The molecule has 0 bridgehead atoms. The first-order chi connectivity index (χ1) is 11.7. The summed E-state index contributed by atoms with van der Waals surface area (Å²) in [5.74, 6) is 0.417. The first-order valence-electron chi connectivity index (χ1n) is 7.50. The van der Waals surface area contributed by atoms with Crippen molar-refractivity contribution >= 4 is 39.4 Å². The van der Waals surface area contributed by atoms with Crippen molar-refractivity contribution < 1.29 is 4.79 Å². The second-order valence-corrected chi connectivity index (χ2v) is 6.42. The second kappa shape index (κ2) is 6.05. The van der Waals surface area contributed by atoms with Crippen molar-refractivity contribution in [2.75, 3.05) is 5.75 Å². The van der Waals surface area contributed by atoms with Gasteiger partial charge in [-0.2, -0.15) is 5.10 Å². The minimum absolute atomic E-state index is 0.0846. The van der Waals surface area contributed by atoms with Gasteiger partial charge in [0.25, 0.3) is 0 Å². The number of nitrogens with zero attached hydrogens (tertiary/aromatic N) is 4. The lowest BCUT2D eigenvalue weighted by Crippen LogP contribution is -2.03. The molecule has 0 amide bonds. The van der Waals surface area contributed by atoms with Gasteiger partial charge in [-0.05, 0) is 16.8 Å². The number of thioether (sulfide) groups is 1. The molecule has 2 heterocycles. The summed E-state index contributed by atoms with van der Waals surface area (Å²) in [6, 6.07) is 13.8. The zero-order valence-corrected chi connectivity index (χ0v) is 13.8. The van der Waals surface area contributed by atoms with E-state index in [0.717, 1.165) is 32.4 Å². The van der Waals surface area contributed by atoms with Gasteiger partial charge in [0, 0.05) is 12.6 Å². The standard InChI is InChI=1S/C18H14N4OS/c1-22-17-15(9-21-22)18(20-11-19-17)24-10-16(23)14-7-6-12-4-2-3-5-13(12)8-14/h2-9,11H,10H2,1H3. The fourth-order valence-electron chi connectivity index (χ4n) is 2.64. The number of fused-ring (bicyclic) bond motifs is 2. The highest BCUT2D eigenvalue weighted by Gasteiger charge is 2.12.